The lowest BCUT2D eigenvalue weighted by Gasteiger charge is -2.13. The number of benzene rings is 1. The summed E-state index contributed by atoms with van der Waals surface area (Å²) in [5, 5.41) is 2.72. The van der Waals surface area contributed by atoms with Gasteiger partial charge in [0, 0.05) is 24.3 Å². The molecule has 1 fully saturated rings. The third-order valence-corrected chi connectivity index (χ3v) is 2.79. The molecule has 1 aromatic carbocycles. The first-order valence-corrected chi connectivity index (χ1v) is 5.60. The quantitative estimate of drug-likeness (QED) is 0.799. The van der Waals surface area contributed by atoms with E-state index in [4.69, 9.17) is 0 Å². The topological polar surface area (TPSA) is 29.1 Å². The average molecular weight is 237 g/mol. The van der Waals surface area contributed by atoms with Crippen LogP contribution >= 0.6 is 0 Å². The third-order valence-electron chi connectivity index (χ3n) is 2.79. The van der Waals surface area contributed by atoms with Gasteiger partial charge in [0.2, 0.25) is 0 Å². The molecule has 1 aromatic rings. The van der Waals surface area contributed by atoms with Crippen molar-refractivity contribution in [1.29, 1.82) is 0 Å². The van der Waals surface area contributed by atoms with Gasteiger partial charge in [-0.1, -0.05) is 0 Å². The van der Waals surface area contributed by atoms with Crippen LogP contribution < -0.4 is 5.32 Å². The smallest absolute Gasteiger partial charge is 0.160 e. The van der Waals surface area contributed by atoms with Crippen LogP contribution in [0.2, 0.25) is 0 Å². The van der Waals surface area contributed by atoms with E-state index < -0.39 is 11.6 Å². The van der Waals surface area contributed by atoms with Gasteiger partial charge in [-0.2, -0.15) is 0 Å². The molecule has 2 rings (SSSR count). The lowest BCUT2D eigenvalue weighted by molar-refractivity contribution is -0.116. The fraction of sp³-hybridized carbons (Fsp3) is 0.308. The molecule has 0 aliphatic heterocycles. The van der Waals surface area contributed by atoms with Crippen molar-refractivity contribution in [2.75, 3.05) is 5.32 Å². The van der Waals surface area contributed by atoms with E-state index in [9.17, 15) is 13.6 Å². The van der Waals surface area contributed by atoms with Crippen LogP contribution in [0.3, 0.4) is 0 Å². The first kappa shape index (κ1) is 11.8. The number of carbonyl (C=O) groups excluding carboxylic acids is 1. The number of carbonyl (C=O) groups is 1. The molecule has 1 N–H and O–H groups in total. The van der Waals surface area contributed by atoms with Crippen molar-refractivity contribution in [3.63, 3.8) is 0 Å². The molecule has 0 amide bonds. The van der Waals surface area contributed by atoms with Crippen LogP contribution in [-0.2, 0) is 4.79 Å². The summed E-state index contributed by atoms with van der Waals surface area (Å²) in [5.74, 6) is -1.18. The van der Waals surface area contributed by atoms with Gasteiger partial charge in [-0.05, 0) is 31.4 Å². The maximum Gasteiger partial charge on any atom is 0.160 e. The second-order valence-electron chi connectivity index (χ2n) is 4.07. The maximum atomic E-state index is 13.3. The van der Waals surface area contributed by atoms with E-state index in [0.29, 0.717) is 18.4 Å². The van der Waals surface area contributed by atoms with Crippen LogP contribution in [0.1, 0.15) is 25.7 Å². The van der Waals surface area contributed by atoms with Gasteiger partial charge in [-0.15, -0.1) is 0 Å². The Morgan fingerprint density at radius 2 is 1.94 bits per heavy atom. The molecule has 1 aliphatic carbocycles. The number of rotatable bonds is 2. The van der Waals surface area contributed by atoms with E-state index in [1.165, 1.54) is 18.3 Å². The SMILES string of the molecule is O=C1CCCC/C1=C\Nc1ccc(F)cc1F. The number of anilines is 1. The minimum atomic E-state index is -0.662. The Hall–Kier alpha value is -1.71. The van der Waals surface area contributed by atoms with Crippen LogP contribution in [0.5, 0.6) is 0 Å². The Kier molecular flexibility index (Phi) is 3.52. The number of halogens is 2. The van der Waals surface area contributed by atoms with Gasteiger partial charge in [0.05, 0.1) is 5.69 Å². The first-order chi connectivity index (χ1) is 8.16. The Morgan fingerprint density at radius 3 is 2.65 bits per heavy atom. The maximum absolute atomic E-state index is 13.3. The molecule has 1 saturated carbocycles. The Bertz CT molecular complexity index is 468. The minimum absolute atomic E-state index is 0.103. The summed E-state index contributed by atoms with van der Waals surface area (Å²) in [6.45, 7) is 0. The van der Waals surface area contributed by atoms with Gasteiger partial charge in [0.15, 0.2) is 5.78 Å². The second kappa shape index (κ2) is 5.08. The molecule has 90 valence electrons. The van der Waals surface area contributed by atoms with E-state index in [-0.39, 0.29) is 11.5 Å². The molecule has 17 heavy (non-hydrogen) atoms. The Balaban J connectivity index is 2.10. The molecule has 0 saturated heterocycles. The Morgan fingerprint density at radius 1 is 1.18 bits per heavy atom. The van der Waals surface area contributed by atoms with E-state index in [1.807, 2.05) is 0 Å². The van der Waals surface area contributed by atoms with Crippen LogP contribution in [0.4, 0.5) is 14.5 Å². The van der Waals surface area contributed by atoms with E-state index in [1.54, 1.807) is 0 Å². The minimum Gasteiger partial charge on any atom is -0.359 e. The highest BCUT2D eigenvalue weighted by atomic mass is 19.1. The number of hydrogen-bond donors (Lipinski definition) is 1. The summed E-state index contributed by atoms with van der Waals surface area (Å²) in [4.78, 5) is 11.5. The zero-order valence-corrected chi connectivity index (χ0v) is 9.30. The fourth-order valence-electron chi connectivity index (χ4n) is 1.83. The summed E-state index contributed by atoms with van der Waals surface area (Å²) < 4.78 is 26.0. The highest BCUT2D eigenvalue weighted by molar-refractivity contribution is 5.96. The summed E-state index contributed by atoms with van der Waals surface area (Å²) >= 11 is 0. The monoisotopic (exact) mass is 237 g/mol. The second-order valence-corrected chi connectivity index (χ2v) is 4.07. The molecule has 1 aliphatic rings. The molecule has 4 heteroatoms. The van der Waals surface area contributed by atoms with Crippen LogP contribution in [0.15, 0.2) is 30.0 Å². The zero-order chi connectivity index (χ0) is 12.3. The van der Waals surface area contributed by atoms with E-state index >= 15 is 0 Å². The van der Waals surface area contributed by atoms with Crippen LogP contribution in [0.25, 0.3) is 0 Å². The normalized spacial score (nSPS) is 18.5. The average Bonchev–Trinajstić information content (AvgIpc) is 2.30. The number of hydrogen-bond acceptors (Lipinski definition) is 2. The molecule has 0 radical (unpaired) electrons. The van der Waals surface area contributed by atoms with Crippen LogP contribution in [0, 0.1) is 11.6 Å². The predicted octanol–water partition coefficient (Wildman–Crippen LogP) is 3.40. The van der Waals surface area contributed by atoms with Crippen LogP contribution in [-0.4, -0.2) is 5.78 Å². The Labute approximate surface area is 98.3 Å². The highest BCUT2D eigenvalue weighted by Gasteiger charge is 2.14. The van der Waals surface area contributed by atoms with Crippen molar-refractivity contribution < 1.29 is 13.6 Å². The molecule has 0 aromatic heterocycles. The van der Waals surface area contributed by atoms with Gasteiger partial charge >= 0.3 is 0 Å². The van der Waals surface area contributed by atoms with Gasteiger partial charge < -0.3 is 5.32 Å². The number of ketones is 1. The predicted molar refractivity (Wildman–Crippen MR) is 61.5 cm³/mol. The lowest BCUT2D eigenvalue weighted by atomic mass is 9.94. The number of Topliss-reactive ketones (excluding diaryl/α,β-unsaturated/α-hetero) is 1. The van der Waals surface area contributed by atoms with Gasteiger partial charge in [-0.25, -0.2) is 8.78 Å². The molecule has 0 heterocycles. The van der Waals surface area contributed by atoms with Crippen molar-refractivity contribution in [1.82, 2.24) is 0 Å². The molecule has 0 unspecified atom stereocenters. The van der Waals surface area contributed by atoms with E-state index in [2.05, 4.69) is 5.32 Å². The van der Waals surface area contributed by atoms with Gasteiger partial charge in [-0.3, -0.25) is 4.79 Å². The molecule has 0 bridgehead atoms. The zero-order valence-electron chi connectivity index (χ0n) is 9.30. The largest absolute Gasteiger partial charge is 0.359 e. The summed E-state index contributed by atoms with van der Waals surface area (Å²) in [6.07, 6.45) is 4.69. The summed E-state index contributed by atoms with van der Waals surface area (Å²) in [6, 6.07) is 3.30. The fourth-order valence-corrected chi connectivity index (χ4v) is 1.83. The van der Waals surface area contributed by atoms with Gasteiger partial charge in [0.25, 0.3) is 0 Å². The van der Waals surface area contributed by atoms with Gasteiger partial charge in [0.1, 0.15) is 11.6 Å². The number of allylic oxidation sites excluding steroid dienone is 1. The summed E-state index contributed by atoms with van der Waals surface area (Å²) in [5.41, 5.74) is 0.859. The first-order valence-electron chi connectivity index (χ1n) is 5.60. The van der Waals surface area contributed by atoms with Crippen molar-refractivity contribution in [2.45, 2.75) is 25.7 Å². The molecule has 2 nitrogen and oxygen atoms in total. The highest BCUT2D eigenvalue weighted by Crippen LogP contribution is 2.21. The van der Waals surface area contributed by atoms with Crippen molar-refractivity contribution in [3.8, 4) is 0 Å². The van der Waals surface area contributed by atoms with Crippen molar-refractivity contribution in [2.24, 2.45) is 0 Å². The lowest BCUT2D eigenvalue weighted by Crippen LogP contribution is -2.10. The number of nitrogens with one attached hydrogen (secondary N) is 1. The van der Waals surface area contributed by atoms with E-state index in [0.717, 1.165) is 18.9 Å². The third kappa shape index (κ3) is 2.90. The molecular formula is C13H13F2NO. The van der Waals surface area contributed by atoms with Crippen molar-refractivity contribution >= 4 is 11.5 Å². The van der Waals surface area contributed by atoms with Crippen molar-refractivity contribution in [3.05, 3.63) is 41.6 Å². The summed E-state index contributed by atoms with van der Waals surface area (Å²) in [7, 11) is 0. The molecule has 0 atom stereocenters. The molecular weight excluding hydrogens is 224 g/mol. The molecule has 0 spiro atoms. The standard InChI is InChI=1S/C13H13F2NO/c14-10-5-6-12(11(15)7-10)16-8-9-3-1-2-4-13(9)17/h5-8,16H,1-4H2/b9-8+.